The van der Waals surface area contributed by atoms with Gasteiger partial charge in [0.15, 0.2) is 5.78 Å². The molecule has 0 aliphatic carbocycles. The molecule has 0 radical (unpaired) electrons. The molecule has 0 aromatic rings. The Balaban J connectivity index is 0.00000160. The van der Waals surface area contributed by atoms with E-state index in [-0.39, 0.29) is 41.5 Å². The summed E-state index contributed by atoms with van der Waals surface area (Å²) < 4.78 is 34.0. The number of nitrogens with one attached hydrogen (secondary N) is 2. The highest BCUT2D eigenvalue weighted by molar-refractivity contribution is 7.90. The molecule has 0 amide bonds. The topological polar surface area (TPSA) is 98.7 Å². The number of hydrogen-bond acceptors (Lipinski definition) is 6. The number of hydrogen-bond donors (Lipinski definition) is 3. The quantitative estimate of drug-likeness (QED) is 0.400. The highest BCUT2D eigenvalue weighted by Crippen LogP contribution is 2.37. The predicted octanol–water partition coefficient (Wildman–Crippen LogP) is 2.46. The standard InChI is InChI=1S/C20H25N3O4S.2ClH/c24-17(6-4-14-8-10-21-11-9-14)7-5-15-12-16-13-22-19-3-1-2-18(23(16)19)20(15)28(25,26)27;;/h1-3,5,7,12,14,16,21-22H,4,6,8-11,13H2,(H,25,26,27);2*1H. The molecule has 0 saturated carbocycles. The molecule has 4 heterocycles. The summed E-state index contributed by atoms with van der Waals surface area (Å²) in [6, 6.07) is -0.0545. The molecule has 3 N–H and O–H groups in total. The summed E-state index contributed by atoms with van der Waals surface area (Å²) in [4.78, 5) is 14.0. The molecule has 7 nitrogen and oxygen atoms in total. The van der Waals surface area contributed by atoms with Crippen molar-refractivity contribution in [2.24, 2.45) is 5.92 Å². The maximum absolute atomic E-state index is 12.3. The van der Waals surface area contributed by atoms with Crippen LogP contribution >= 0.6 is 24.8 Å². The van der Waals surface area contributed by atoms with Crippen LogP contribution in [-0.4, -0.2) is 49.3 Å². The van der Waals surface area contributed by atoms with E-state index in [1.807, 2.05) is 11.0 Å². The molecule has 2 fully saturated rings. The van der Waals surface area contributed by atoms with E-state index in [2.05, 4.69) is 10.6 Å². The Morgan fingerprint density at radius 3 is 2.70 bits per heavy atom. The highest BCUT2D eigenvalue weighted by atomic mass is 35.5. The van der Waals surface area contributed by atoms with Gasteiger partial charge in [0, 0.05) is 13.0 Å². The molecule has 0 aromatic heterocycles. The van der Waals surface area contributed by atoms with Crippen LogP contribution in [0.15, 0.2) is 58.5 Å². The van der Waals surface area contributed by atoms with Crippen molar-refractivity contribution >= 4 is 40.7 Å². The molecule has 4 aliphatic rings. The number of allylic oxidation sites excluding steroid dienone is 6. The fourth-order valence-electron chi connectivity index (χ4n) is 4.27. The summed E-state index contributed by atoms with van der Waals surface area (Å²) in [7, 11) is -4.45. The van der Waals surface area contributed by atoms with Gasteiger partial charge in [-0.1, -0.05) is 18.2 Å². The van der Waals surface area contributed by atoms with E-state index in [0.29, 0.717) is 30.2 Å². The fraction of sp³-hybridized carbons (Fsp3) is 0.450. The van der Waals surface area contributed by atoms with E-state index < -0.39 is 10.1 Å². The van der Waals surface area contributed by atoms with Crippen molar-refractivity contribution in [2.45, 2.75) is 31.7 Å². The minimum Gasteiger partial charge on any atom is -0.369 e. The Hall–Kier alpha value is -1.58. The molecular formula is C20H27Cl2N3O4S. The van der Waals surface area contributed by atoms with Crippen LogP contribution < -0.4 is 10.6 Å². The van der Waals surface area contributed by atoms with E-state index in [0.717, 1.165) is 38.2 Å². The monoisotopic (exact) mass is 475 g/mol. The summed E-state index contributed by atoms with van der Waals surface area (Å²) in [5, 5.41) is 6.54. The van der Waals surface area contributed by atoms with Crippen molar-refractivity contribution in [3.8, 4) is 0 Å². The van der Waals surface area contributed by atoms with Gasteiger partial charge in [0.2, 0.25) is 0 Å². The van der Waals surface area contributed by atoms with Gasteiger partial charge in [0.25, 0.3) is 10.1 Å². The second-order valence-corrected chi connectivity index (χ2v) is 8.93. The lowest BCUT2D eigenvalue weighted by molar-refractivity contribution is -0.114. The second-order valence-electron chi connectivity index (χ2n) is 7.57. The van der Waals surface area contributed by atoms with Crippen LogP contribution in [0.1, 0.15) is 25.7 Å². The SMILES string of the molecule is Cl.Cl.O=C(C=CC1=CC2CNC3=CC=CC(=C1S(=O)(=O)O)N32)CCC1CCNCC1. The van der Waals surface area contributed by atoms with Crippen LogP contribution in [-0.2, 0) is 14.9 Å². The molecule has 4 rings (SSSR count). The smallest absolute Gasteiger partial charge is 0.297 e. The van der Waals surface area contributed by atoms with E-state index >= 15 is 0 Å². The van der Waals surface area contributed by atoms with Crippen LogP contribution in [0.3, 0.4) is 0 Å². The van der Waals surface area contributed by atoms with Crippen LogP contribution in [0, 0.1) is 5.92 Å². The molecule has 2 saturated heterocycles. The van der Waals surface area contributed by atoms with E-state index in [4.69, 9.17) is 0 Å². The number of ketones is 1. The Bertz CT molecular complexity index is 932. The van der Waals surface area contributed by atoms with E-state index in [9.17, 15) is 17.8 Å². The molecule has 0 spiro atoms. The zero-order valence-corrected chi connectivity index (χ0v) is 18.9. The lowest BCUT2D eigenvalue weighted by Crippen LogP contribution is -2.34. The first-order valence-electron chi connectivity index (χ1n) is 9.70. The lowest BCUT2D eigenvalue weighted by Gasteiger charge is -2.33. The summed E-state index contributed by atoms with van der Waals surface area (Å²) in [6.07, 6.45) is 13.5. The molecule has 1 atom stereocenters. The fourth-order valence-corrected chi connectivity index (χ4v) is 5.13. The van der Waals surface area contributed by atoms with Gasteiger partial charge in [0.05, 0.1) is 11.7 Å². The molecular weight excluding hydrogens is 449 g/mol. The number of nitrogens with zero attached hydrogens (tertiary/aromatic N) is 1. The first-order chi connectivity index (χ1) is 13.4. The van der Waals surface area contributed by atoms with Gasteiger partial charge in [-0.25, -0.2) is 0 Å². The number of rotatable bonds is 6. The number of carbonyl (C=O) groups excluding carboxylic acids is 1. The zero-order valence-electron chi connectivity index (χ0n) is 16.4. The molecule has 166 valence electrons. The molecule has 10 heteroatoms. The van der Waals surface area contributed by atoms with Crippen molar-refractivity contribution in [3.63, 3.8) is 0 Å². The summed E-state index contributed by atoms with van der Waals surface area (Å²) in [6.45, 7) is 2.64. The van der Waals surface area contributed by atoms with Gasteiger partial charge in [0.1, 0.15) is 10.7 Å². The molecule has 0 bridgehead atoms. The van der Waals surface area contributed by atoms with Crippen LogP contribution in [0.5, 0.6) is 0 Å². The molecule has 30 heavy (non-hydrogen) atoms. The number of halogens is 2. The van der Waals surface area contributed by atoms with Gasteiger partial charge in [-0.05, 0) is 62.1 Å². The third-order valence-corrected chi connectivity index (χ3v) is 6.64. The van der Waals surface area contributed by atoms with Crippen molar-refractivity contribution in [1.82, 2.24) is 15.5 Å². The van der Waals surface area contributed by atoms with Gasteiger partial charge < -0.3 is 15.5 Å². The second kappa shape index (κ2) is 10.2. The summed E-state index contributed by atoms with van der Waals surface area (Å²) in [5.74, 6) is 1.35. The Morgan fingerprint density at radius 1 is 1.27 bits per heavy atom. The largest absolute Gasteiger partial charge is 0.369 e. The summed E-state index contributed by atoms with van der Waals surface area (Å²) in [5.41, 5.74) is 0.794. The number of piperidine rings is 1. The van der Waals surface area contributed by atoms with Crippen LogP contribution in [0.2, 0.25) is 0 Å². The normalized spacial score (nSPS) is 23.2. The molecule has 0 aromatic carbocycles. The van der Waals surface area contributed by atoms with Gasteiger partial charge in [-0.3, -0.25) is 9.35 Å². The van der Waals surface area contributed by atoms with E-state index in [1.165, 1.54) is 12.2 Å². The average molecular weight is 476 g/mol. The number of carbonyl (C=O) groups is 1. The maximum Gasteiger partial charge on any atom is 0.297 e. The van der Waals surface area contributed by atoms with E-state index in [1.54, 1.807) is 18.2 Å². The van der Waals surface area contributed by atoms with Crippen LogP contribution in [0.4, 0.5) is 0 Å². The highest BCUT2D eigenvalue weighted by Gasteiger charge is 2.38. The summed E-state index contributed by atoms with van der Waals surface area (Å²) >= 11 is 0. The average Bonchev–Trinajstić information content (AvgIpc) is 3.09. The third kappa shape index (κ3) is 5.18. The first-order valence-corrected chi connectivity index (χ1v) is 11.1. The van der Waals surface area contributed by atoms with Gasteiger partial charge in [-0.15, -0.1) is 24.8 Å². The van der Waals surface area contributed by atoms with Crippen molar-refractivity contribution < 1.29 is 17.8 Å². The van der Waals surface area contributed by atoms with Crippen LogP contribution in [0.25, 0.3) is 0 Å². The van der Waals surface area contributed by atoms with Crippen molar-refractivity contribution in [3.05, 3.63) is 58.5 Å². The Kier molecular flexibility index (Phi) is 8.35. The lowest BCUT2D eigenvalue weighted by atomic mass is 9.92. The molecule has 1 unspecified atom stereocenters. The minimum atomic E-state index is -4.45. The minimum absolute atomic E-state index is 0. The zero-order chi connectivity index (χ0) is 19.7. The first kappa shape index (κ1) is 24.7. The van der Waals surface area contributed by atoms with Crippen molar-refractivity contribution in [2.75, 3.05) is 19.6 Å². The van der Waals surface area contributed by atoms with Gasteiger partial charge in [-0.2, -0.15) is 8.42 Å². The maximum atomic E-state index is 12.3. The van der Waals surface area contributed by atoms with Crippen molar-refractivity contribution in [1.29, 1.82) is 0 Å². The van der Waals surface area contributed by atoms with Gasteiger partial charge >= 0.3 is 0 Å². The third-order valence-electron chi connectivity index (χ3n) is 5.68. The Morgan fingerprint density at radius 2 is 2.00 bits per heavy atom. The predicted molar refractivity (Wildman–Crippen MR) is 121 cm³/mol. The Labute approximate surface area is 189 Å². The molecule has 4 aliphatic heterocycles.